The summed E-state index contributed by atoms with van der Waals surface area (Å²) in [6, 6.07) is 57.2. The summed E-state index contributed by atoms with van der Waals surface area (Å²) < 4.78 is 8.97. The molecule has 0 amide bonds. The van der Waals surface area contributed by atoms with Gasteiger partial charge in [0.25, 0.3) is 0 Å². The highest BCUT2D eigenvalue weighted by Crippen LogP contribution is 2.39. The predicted molar refractivity (Wildman–Crippen MR) is 199 cm³/mol. The lowest BCUT2D eigenvalue weighted by Crippen LogP contribution is -2.03. The van der Waals surface area contributed by atoms with Crippen LogP contribution in [-0.2, 0) is 0 Å². The van der Waals surface area contributed by atoms with E-state index in [1.807, 2.05) is 30.3 Å². The Morgan fingerprint density at radius 3 is 1.67 bits per heavy atom. The van der Waals surface area contributed by atoms with Crippen LogP contribution in [0, 0.1) is 0 Å². The molecule has 0 unspecified atom stereocenters. The molecule has 10 aromatic rings. The van der Waals surface area contributed by atoms with E-state index in [9.17, 15) is 0 Å². The Morgan fingerprint density at radius 1 is 0.375 bits per heavy atom. The number of hydrogen-bond acceptors (Lipinski definition) is 3. The van der Waals surface area contributed by atoms with Gasteiger partial charge in [0.15, 0.2) is 0 Å². The summed E-state index contributed by atoms with van der Waals surface area (Å²) >= 11 is 0. The summed E-state index contributed by atoms with van der Waals surface area (Å²) in [4.78, 5) is 10.5. The Morgan fingerprint density at radius 2 is 0.917 bits per heavy atom. The Hall–Kier alpha value is -6.52. The van der Waals surface area contributed by atoms with E-state index in [2.05, 4.69) is 138 Å². The molecular weight excluding hydrogens is 587 g/mol. The van der Waals surface area contributed by atoms with Crippen LogP contribution in [0.5, 0.6) is 0 Å². The first kappa shape index (κ1) is 26.7. The lowest BCUT2D eigenvalue weighted by Gasteiger charge is -2.12. The van der Waals surface area contributed by atoms with Gasteiger partial charge < -0.3 is 4.42 Å². The first-order valence-electron chi connectivity index (χ1n) is 16.2. The quantitative estimate of drug-likeness (QED) is 0.195. The average Bonchev–Trinajstić information content (AvgIpc) is 3.49. The minimum absolute atomic E-state index is 0.638. The highest BCUT2D eigenvalue weighted by molar-refractivity contribution is 6.23. The fourth-order valence-corrected chi connectivity index (χ4v) is 7.28. The monoisotopic (exact) mass is 613 g/mol. The number of hydrogen-bond donors (Lipinski definition) is 0. The molecule has 10 rings (SSSR count). The van der Waals surface area contributed by atoms with Crippen LogP contribution < -0.4 is 0 Å². The fourth-order valence-electron chi connectivity index (χ4n) is 7.28. The molecule has 0 saturated carbocycles. The van der Waals surface area contributed by atoms with E-state index in [0.717, 1.165) is 87.4 Å². The first-order valence-corrected chi connectivity index (χ1v) is 16.2. The van der Waals surface area contributed by atoms with E-state index in [1.165, 1.54) is 0 Å². The molecule has 0 aliphatic carbocycles. The van der Waals surface area contributed by atoms with Gasteiger partial charge >= 0.3 is 0 Å². The standard InChI is InChI=1S/C44H27N3O/c1-2-14-28(15-3-1)43-34-21-6-10-22-38(34)45-44(46-43)47-39-23-11-7-18-31(39)37-26-35-30-17-5-4-16-29(30)32-19-8-12-24-41(32)48-42-25-13-9-20-33(42)36(35)27-40(37)47/h1-27H. The molecule has 0 atom stereocenters. The van der Waals surface area contributed by atoms with E-state index in [4.69, 9.17) is 14.4 Å². The van der Waals surface area contributed by atoms with E-state index in [0.29, 0.717) is 5.95 Å². The molecule has 48 heavy (non-hydrogen) atoms. The van der Waals surface area contributed by atoms with Gasteiger partial charge in [0.2, 0.25) is 5.95 Å². The third-order valence-electron chi connectivity index (χ3n) is 9.44. The number of rotatable bonds is 2. The van der Waals surface area contributed by atoms with Crippen molar-refractivity contribution in [2.24, 2.45) is 0 Å². The van der Waals surface area contributed by atoms with E-state index in [-0.39, 0.29) is 0 Å². The van der Waals surface area contributed by atoms with Crippen LogP contribution in [0.1, 0.15) is 0 Å². The highest BCUT2D eigenvalue weighted by Gasteiger charge is 2.19. The van der Waals surface area contributed by atoms with Gasteiger partial charge in [0.05, 0.1) is 22.2 Å². The largest absolute Gasteiger partial charge is 0.456 e. The van der Waals surface area contributed by atoms with Gasteiger partial charge in [0, 0.05) is 32.5 Å². The Labute approximate surface area is 275 Å². The van der Waals surface area contributed by atoms with Crippen molar-refractivity contribution in [3.63, 3.8) is 0 Å². The third kappa shape index (κ3) is 4.03. The van der Waals surface area contributed by atoms with Crippen LogP contribution in [0.3, 0.4) is 0 Å². The zero-order valence-electron chi connectivity index (χ0n) is 25.8. The van der Waals surface area contributed by atoms with Crippen LogP contribution in [0.4, 0.5) is 0 Å². The molecule has 0 N–H and O–H groups in total. The molecule has 7 aromatic carbocycles. The molecule has 4 heteroatoms. The van der Waals surface area contributed by atoms with Crippen molar-refractivity contribution >= 4 is 76.2 Å². The van der Waals surface area contributed by atoms with Crippen molar-refractivity contribution in [1.82, 2.24) is 14.5 Å². The number of fused-ring (bicyclic) bond motifs is 11. The van der Waals surface area contributed by atoms with Gasteiger partial charge in [-0.1, -0.05) is 127 Å². The SMILES string of the molecule is c1ccc(-c2nc(-n3c4ccccc4c4cc5c(cc43)c3ccccc3oc3ccccc3c3ccccc35)nc3ccccc23)cc1. The van der Waals surface area contributed by atoms with Gasteiger partial charge in [-0.3, -0.25) is 4.57 Å². The molecule has 0 fully saturated rings. The van der Waals surface area contributed by atoms with Crippen LogP contribution in [0.15, 0.2) is 168 Å². The minimum Gasteiger partial charge on any atom is -0.456 e. The first-order chi connectivity index (χ1) is 23.8. The minimum atomic E-state index is 0.638. The summed E-state index contributed by atoms with van der Waals surface area (Å²) in [5, 5.41) is 9.95. The van der Waals surface area contributed by atoms with Crippen LogP contribution >= 0.6 is 0 Å². The van der Waals surface area contributed by atoms with E-state index in [1.54, 1.807) is 0 Å². The molecule has 224 valence electrons. The lowest BCUT2D eigenvalue weighted by atomic mass is 9.99. The number of nitrogens with zero attached hydrogens (tertiary/aromatic N) is 3. The van der Waals surface area contributed by atoms with Crippen molar-refractivity contribution in [2.75, 3.05) is 0 Å². The molecule has 3 aromatic heterocycles. The molecule has 4 nitrogen and oxygen atoms in total. The van der Waals surface area contributed by atoms with Gasteiger partial charge in [0.1, 0.15) is 11.2 Å². The van der Waals surface area contributed by atoms with E-state index >= 15 is 0 Å². The summed E-state index contributed by atoms with van der Waals surface area (Å²) in [5.74, 6) is 0.638. The lowest BCUT2D eigenvalue weighted by molar-refractivity contribution is 0.663. The predicted octanol–water partition coefficient (Wildman–Crippen LogP) is 11.7. The topological polar surface area (TPSA) is 43.9 Å². The second-order valence-electron chi connectivity index (χ2n) is 12.2. The maximum absolute atomic E-state index is 6.74. The second-order valence-corrected chi connectivity index (χ2v) is 12.2. The average molecular weight is 614 g/mol. The van der Waals surface area contributed by atoms with Crippen LogP contribution in [0.25, 0.3) is 93.4 Å². The molecular formula is C44H27N3O. The van der Waals surface area contributed by atoms with Gasteiger partial charge in [-0.25, -0.2) is 9.97 Å². The van der Waals surface area contributed by atoms with Gasteiger partial charge in [-0.2, -0.15) is 0 Å². The van der Waals surface area contributed by atoms with Crippen LogP contribution in [0.2, 0.25) is 0 Å². The summed E-state index contributed by atoms with van der Waals surface area (Å²) in [6.07, 6.45) is 0. The van der Waals surface area contributed by atoms with Crippen molar-refractivity contribution < 1.29 is 4.42 Å². The molecule has 0 aliphatic heterocycles. The molecule has 0 radical (unpaired) electrons. The summed E-state index contributed by atoms with van der Waals surface area (Å²) in [6.45, 7) is 0. The highest BCUT2D eigenvalue weighted by atomic mass is 16.3. The molecule has 0 spiro atoms. The summed E-state index contributed by atoms with van der Waals surface area (Å²) in [5.41, 5.74) is 6.61. The Balaban J connectivity index is 1.43. The Kier molecular flexibility index (Phi) is 5.84. The second kappa shape index (κ2) is 10.5. The van der Waals surface area contributed by atoms with Crippen LogP contribution in [-0.4, -0.2) is 14.5 Å². The molecule has 0 saturated heterocycles. The zero-order chi connectivity index (χ0) is 31.6. The maximum atomic E-state index is 6.74. The smallest absolute Gasteiger partial charge is 0.235 e. The normalized spacial score (nSPS) is 11.8. The number of para-hydroxylation sites is 4. The molecule has 0 bridgehead atoms. The van der Waals surface area contributed by atoms with Crippen molar-refractivity contribution in [3.8, 4) is 17.2 Å². The molecule has 3 heterocycles. The van der Waals surface area contributed by atoms with Crippen molar-refractivity contribution in [3.05, 3.63) is 164 Å². The van der Waals surface area contributed by atoms with Crippen molar-refractivity contribution in [2.45, 2.75) is 0 Å². The fraction of sp³-hybridized carbons (Fsp3) is 0. The maximum Gasteiger partial charge on any atom is 0.235 e. The molecule has 0 aliphatic rings. The van der Waals surface area contributed by atoms with Gasteiger partial charge in [-0.05, 0) is 57.9 Å². The number of aromatic nitrogens is 3. The van der Waals surface area contributed by atoms with Crippen molar-refractivity contribution in [1.29, 1.82) is 0 Å². The van der Waals surface area contributed by atoms with E-state index < -0.39 is 0 Å². The zero-order valence-corrected chi connectivity index (χ0v) is 25.8. The summed E-state index contributed by atoms with van der Waals surface area (Å²) in [7, 11) is 0. The Bertz CT molecular complexity index is 2950. The van der Waals surface area contributed by atoms with Gasteiger partial charge in [-0.15, -0.1) is 0 Å². The number of benzene rings is 7. The third-order valence-corrected chi connectivity index (χ3v) is 9.44.